The van der Waals surface area contributed by atoms with Gasteiger partial charge in [-0.2, -0.15) is 4.98 Å². The zero-order chi connectivity index (χ0) is 27.1. The number of terminal acetylenes is 1. The molecule has 0 saturated carbocycles. The normalized spacial score (nSPS) is 13.6. The monoisotopic (exact) mass is 489 g/mol. The molecule has 0 aliphatic carbocycles. The zero-order valence-electron chi connectivity index (χ0n) is 23.3. The van der Waals surface area contributed by atoms with Gasteiger partial charge in [0.2, 0.25) is 5.91 Å². The Bertz CT molecular complexity index is 790. The maximum Gasteiger partial charge on any atom is 0.318 e. The van der Waals surface area contributed by atoms with E-state index in [1.807, 2.05) is 13.8 Å². The lowest BCUT2D eigenvalue weighted by Crippen LogP contribution is -2.28. The molecule has 0 unspecified atom stereocenters. The van der Waals surface area contributed by atoms with E-state index in [2.05, 4.69) is 84.7 Å². The Morgan fingerprint density at radius 2 is 1.83 bits per heavy atom. The molecule has 3 heterocycles. The van der Waals surface area contributed by atoms with E-state index < -0.39 is 0 Å². The Hall–Kier alpha value is -2.89. The van der Waals surface area contributed by atoms with Crippen molar-refractivity contribution in [2.24, 2.45) is 0 Å². The van der Waals surface area contributed by atoms with Crippen LogP contribution in [0.4, 0.5) is 11.5 Å². The highest BCUT2D eigenvalue weighted by Crippen LogP contribution is 2.22. The summed E-state index contributed by atoms with van der Waals surface area (Å²) in [6.07, 6.45) is 13.2. The lowest BCUT2D eigenvalue weighted by Gasteiger charge is -2.17. The first kappa shape index (κ1) is 34.3. The molecule has 1 aromatic heterocycles. The first-order valence-electron chi connectivity index (χ1n) is 12.1. The number of methoxy groups -OCH3 is 1. The molecular formula is C27H47N5O3. The molecule has 0 bridgehead atoms. The van der Waals surface area contributed by atoms with E-state index in [9.17, 15) is 4.79 Å². The Morgan fingerprint density at radius 1 is 1.23 bits per heavy atom. The standard InChI is InChI=1S/C9H12N4O3.C8H14.C5H11N.C3H4.C2H6/c1-15-2-3-16-9-11-4-6-8(13-9)10-5-7(14)12-6;1-5-8(4)6-7(2)3;1-6-4-2-3-5-6;1-3-2;1-2/h4H,2-3,5H2,1H3,(H,12,14)(H,10,11,13);5-6H,1-4H3;2-5H2,1H3;1H,2H3;1-2H3/b;8-5-;;;. The highest BCUT2D eigenvalue weighted by atomic mass is 16.5. The van der Waals surface area contributed by atoms with Gasteiger partial charge < -0.3 is 25.0 Å². The summed E-state index contributed by atoms with van der Waals surface area (Å²) in [6.45, 7) is 17.7. The SMILES string of the molecule is C#CC.C/C=C(/C)C=C(C)C.CC.CN1CCCC1.COCCOc1ncc2c(n1)NCC(=O)N2. The van der Waals surface area contributed by atoms with E-state index in [4.69, 9.17) is 9.47 Å². The number of nitrogens with zero attached hydrogens (tertiary/aromatic N) is 3. The van der Waals surface area contributed by atoms with E-state index in [-0.39, 0.29) is 18.5 Å². The minimum atomic E-state index is -0.107. The number of likely N-dealkylation sites (tertiary alicyclic amines) is 1. The molecule has 1 aromatic rings. The molecule has 0 atom stereocenters. The molecule has 2 N–H and O–H groups in total. The quantitative estimate of drug-likeness (QED) is 0.335. The Balaban J connectivity index is 0. The third-order valence-electron chi connectivity index (χ3n) is 4.28. The van der Waals surface area contributed by atoms with Crippen molar-refractivity contribution in [2.75, 3.05) is 57.6 Å². The third-order valence-corrected chi connectivity index (χ3v) is 4.28. The van der Waals surface area contributed by atoms with E-state index >= 15 is 0 Å². The fourth-order valence-corrected chi connectivity index (χ4v) is 2.65. The largest absolute Gasteiger partial charge is 0.461 e. The van der Waals surface area contributed by atoms with Crippen LogP contribution >= 0.6 is 0 Å². The van der Waals surface area contributed by atoms with Crippen LogP contribution in [0.15, 0.2) is 29.5 Å². The minimum Gasteiger partial charge on any atom is -0.461 e. The van der Waals surface area contributed by atoms with E-state index in [0.717, 1.165) is 0 Å². The van der Waals surface area contributed by atoms with Crippen LogP contribution in [0.25, 0.3) is 0 Å². The topological polar surface area (TPSA) is 88.6 Å². The highest BCUT2D eigenvalue weighted by Gasteiger charge is 2.16. The van der Waals surface area contributed by atoms with Crippen molar-refractivity contribution >= 4 is 17.4 Å². The lowest BCUT2D eigenvalue weighted by molar-refractivity contribution is -0.114. The van der Waals surface area contributed by atoms with Crippen LogP contribution in [0.3, 0.4) is 0 Å². The van der Waals surface area contributed by atoms with Crippen molar-refractivity contribution in [1.29, 1.82) is 0 Å². The minimum absolute atomic E-state index is 0.107. The third kappa shape index (κ3) is 19.1. The fraction of sp³-hybridized carbons (Fsp3) is 0.593. The zero-order valence-corrected chi connectivity index (χ0v) is 23.3. The number of carbonyl (C=O) groups excluding carboxylic acids is 1. The van der Waals surface area contributed by atoms with Crippen LogP contribution in [-0.4, -0.2) is 67.8 Å². The molecule has 3 rings (SSSR count). The van der Waals surface area contributed by atoms with Crippen molar-refractivity contribution in [1.82, 2.24) is 14.9 Å². The number of nitrogens with one attached hydrogen (secondary N) is 2. The summed E-state index contributed by atoms with van der Waals surface area (Å²) in [7, 11) is 3.77. The second-order valence-electron chi connectivity index (χ2n) is 7.71. The molecule has 198 valence electrons. The molecular weight excluding hydrogens is 442 g/mol. The van der Waals surface area contributed by atoms with Crippen LogP contribution < -0.4 is 15.4 Å². The average Bonchev–Trinajstić information content (AvgIpc) is 3.32. The number of allylic oxidation sites excluding steroid dienone is 4. The van der Waals surface area contributed by atoms with E-state index in [1.165, 1.54) is 43.3 Å². The summed E-state index contributed by atoms with van der Waals surface area (Å²) in [5.74, 6) is 2.71. The van der Waals surface area contributed by atoms with Crippen LogP contribution in [0.2, 0.25) is 0 Å². The number of hydrogen-bond acceptors (Lipinski definition) is 7. The average molecular weight is 490 g/mol. The first-order valence-corrected chi connectivity index (χ1v) is 12.1. The van der Waals surface area contributed by atoms with Crippen molar-refractivity contribution in [2.45, 2.75) is 61.3 Å². The molecule has 0 aromatic carbocycles. The predicted molar refractivity (Wildman–Crippen MR) is 148 cm³/mol. The number of fused-ring (bicyclic) bond motifs is 1. The number of carbonyl (C=O) groups is 1. The van der Waals surface area contributed by atoms with Gasteiger partial charge in [0.15, 0.2) is 5.82 Å². The fourth-order valence-electron chi connectivity index (χ4n) is 2.65. The van der Waals surface area contributed by atoms with Crippen molar-refractivity contribution in [3.8, 4) is 18.4 Å². The molecule has 2 aliphatic rings. The molecule has 1 amide bonds. The summed E-state index contributed by atoms with van der Waals surface area (Å²) in [5.41, 5.74) is 3.26. The van der Waals surface area contributed by atoms with Crippen molar-refractivity contribution in [3.63, 3.8) is 0 Å². The number of hydrogen-bond donors (Lipinski definition) is 2. The first-order chi connectivity index (χ1) is 16.8. The Morgan fingerprint density at radius 3 is 2.26 bits per heavy atom. The molecule has 1 saturated heterocycles. The van der Waals surface area contributed by atoms with Gasteiger partial charge in [-0.1, -0.05) is 37.1 Å². The van der Waals surface area contributed by atoms with Crippen LogP contribution in [0.5, 0.6) is 6.01 Å². The van der Waals surface area contributed by atoms with Crippen LogP contribution in [0, 0.1) is 12.3 Å². The summed E-state index contributed by atoms with van der Waals surface area (Å²) >= 11 is 0. The molecule has 35 heavy (non-hydrogen) atoms. The Kier molecular flexibility index (Phi) is 22.4. The summed E-state index contributed by atoms with van der Waals surface area (Å²) < 4.78 is 10.1. The second kappa shape index (κ2) is 22.9. The van der Waals surface area contributed by atoms with Gasteiger partial charge in [-0.25, -0.2) is 4.98 Å². The van der Waals surface area contributed by atoms with Gasteiger partial charge in [0, 0.05) is 7.11 Å². The van der Waals surface area contributed by atoms with Gasteiger partial charge in [-0.15, -0.1) is 12.3 Å². The van der Waals surface area contributed by atoms with Crippen molar-refractivity contribution < 1.29 is 14.3 Å². The maximum absolute atomic E-state index is 11.0. The molecule has 0 spiro atoms. The smallest absolute Gasteiger partial charge is 0.318 e. The molecule has 2 aliphatic heterocycles. The summed E-state index contributed by atoms with van der Waals surface area (Å²) in [4.78, 5) is 21.5. The highest BCUT2D eigenvalue weighted by molar-refractivity contribution is 5.99. The lowest BCUT2D eigenvalue weighted by atomic mass is 10.2. The van der Waals surface area contributed by atoms with Gasteiger partial charge in [0.1, 0.15) is 12.3 Å². The number of ether oxygens (including phenoxy) is 2. The van der Waals surface area contributed by atoms with E-state index in [1.54, 1.807) is 14.0 Å². The van der Waals surface area contributed by atoms with Gasteiger partial charge in [0.25, 0.3) is 0 Å². The molecule has 1 fully saturated rings. The maximum atomic E-state index is 11.0. The summed E-state index contributed by atoms with van der Waals surface area (Å²) in [6, 6.07) is 0.263. The molecule has 0 radical (unpaired) electrons. The van der Waals surface area contributed by atoms with Crippen LogP contribution in [-0.2, 0) is 9.53 Å². The second-order valence-corrected chi connectivity index (χ2v) is 7.71. The molecule has 8 heteroatoms. The number of amides is 1. The predicted octanol–water partition coefficient (Wildman–Crippen LogP) is 5.16. The number of rotatable bonds is 5. The van der Waals surface area contributed by atoms with Gasteiger partial charge in [-0.3, -0.25) is 4.79 Å². The van der Waals surface area contributed by atoms with Gasteiger partial charge in [0.05, 0.1) is 19.3 Å². The van der Waals surface area contributed by atoms with Gasteiger partial charge >= 0.3 is 6.01 Å². The van der Waals surface area contributed by atoms with Crippen molar-refractivity contribution in [3.05, 3.63) is 29.5 Å². The van der Waals surface area contributed by atoms with Crippen LogP contribution in [0.1, 0.15) is 61.3 Å². The number of anilines is 2. The molecule has 8 nitrogen and oxygen atoms in total. The summed E-state index contributed by atoms with van der Waals surface area (Å²) in [5, 5.41) is 5.52. The van der Waals surface area contributed by atoms with E-state index in [0.29, 0.717) is 24.7 Å². The Labute approximate surface area is 213 Å². The van der Waals surface area contributed by atoms with Gasteiger partial charge in [-0.05, 0) is 67.6 Å². The number of aromatic nitrogens is 2.